The molecule has 0 bridgehead atoms. The molecule has 0 aromatic heterocycles. The average Bonchev–Trinajstić information content (AvgIpc) is 1.96. The lowest BCUT2D eigenvalue weighted by molar-refractivity contribution is 0.112. The van der Waals surface area contributed by atoms with Gasteiger partial charge >= 0.3 is 0 Å². The number of hydrogen-bond acceptors (Lipinski definition) is 2. The van der Waals surface area contributed by atoms with Gasteiger partial charge in [-0.1, -0.05) is 11.6 Å². The third-order valence-corrected chi connectivity index (χ3v) is 1.73. The van der Waals surface area contributed by atoms with Crippen molar-refractivity contribution in [1.29, 1.82) is 0 Å². The molecule has 0 unspecified atom stereocenters. The summed E-state index contributed by atoms with van der Waals surface area (Å²) >= 11 is 5.69. The first kappa shape index (κ1) is 8.08. The van der Waals surface area contributed by atoms with Gasteiger partial charge in [0.2, 0.25) is 0 Å². The number of carbonyl (C=O) groups is 1. The molecule has 0 amide bonds. The normalized spacial score (nSPS) is 9.64. The molecule has 1 aromatic rings. The molecule has 0 heterocycles. The minimum absolute atomic E-state index is 0.454. The van der Waals surface area contributed by atoms with Gasteiger partial charge in [-0.25, -0.2) is 0 Å². The second-order valence-corrected chi connectivity index (χ2v) is 2.78. The number of rotatable bonds is 1. The molecule has 2 nitrogen and oxygen atoms in total. The molecule has 0 saturated carbocycles. The van der Waals surface area contributed by atoms with E-state index in [1.165, 1.54) is 0 Å². The van der Waals surface area contributed by atoms with Crippen molar-refractivity contribution in [3.8, 4) is 0 Å². The summed E-state index contributed by atoms with van der Waals surface area (Å²) in [7, 11) is 0. The van der Waals surface area contributed by atoms with E-state index in [1.807, 2.05) is 6.92 Å². The largest absolute Gasteiger partial charge is 0.398 e. The third kappa shape index (κ3) is 1.52. The minimum atomic E-state index is 0.454. The van der Waals surface area contributed by atoms with E-state index in [0.29, 0.717) is 22.6 Å². The molecule has 0 atom stereocenters. The highest BCUT2D eigenvalue weighted by Gasteiger charge is 2.01. The van der Waals surface area contributed by atoms with Crippen LogP contribution in [0.5, 0.6) is 0 Å². The van der Waals surface area contributed by atoms with Crippen molar-refractivity contribution < 1.29 is 4.79 Å². The molecule has 0 aliphatic heterocycles. The maximum atomic E-state index is 10.4. The van der Waals surface area contributed by atoms with Crippen molar-refractivity contribution in [2.45, 2.75) is 6.92 Å². The van der Waals surface area contributed by atoms with Gasteiger partial charge in [0.1, 0.15) is 0 Å². The smallest absolute Gasteiger partial charge is 0.152 e. The SMILES string of the molecule is Cc1cc(Cl)cc(C=O)c1N. The number of anilines is 1. The first-order valence-electron chi connectivity index (χ1n) is 3.16. The Balaban J connectivity index is 3.35. The van der Waals surface area contributed by atoms with Gasteiger partial charge in [-0.2, -0.15) is 0 Å². The molecule has 0 aliphatic rings. The van der Waals surface area contributed by atoms with E-state index < -0.39 is 0 Å². The highest BCUT2D eigenvalue weighted by atomic mass is 35.5. The average molecular weight is 170 g/mol. The summed E-state index contributed by atoms with van der Waals surface area (Å²) < 4.78 is 0. The molecule has 1 aromatic carbocycles. The minimum Gasteiger partial charge on any atom is -0.398 e. The van der Waals surface area contributed by atoms with Crippen molar-refractivity contribution in [2.24, 2.45) is 0 Å². The Hall–Kier alpha value is -1.02. The number of aryl methyl sites for hydroxylation is 1. The van der Waals surface area contributed by atoms with E-state index in [-0.39, 0.29) is 0 Å². The Bertz CT molecular complexity index is 296. The number of hydrogen-bond donors (Lipinski definition) is 1. The van der Waals surface area contributed by atoms with E-state index >= 15 is 0 Å². The zero-order valence-corrected chi connectivity index (χ0v) is 6.85. The molecule has 0 spiro atoms. The Morgan fingerprint density at radius 1 is 1.55 bits per heavy atom. The van der Waals surface area contributed by atoms with Crippen molar-refractivity contribution in [1.82, 2.24) is 0 Å². The number of benzene rings is 1. The molecule has 58 valence electrons. The Labute approximate surface area is 70.0 Å². The van der Waals surface area contributed by atoms with Gasteiger partial charge in [-0.15, -0.1) is 0 Å². The van der Waals surface area contributed by atoms with Crippen LogP contribution in [0.25, 0.3) is 0 Å². The summed E-state index contributed by atoms with van der Waals surface area (Å²) in [6.45, 7) is 1.81. The first-order valence-corrected chi connectivity index (χ1v) is 3.53. The van der Waals surface area contributed by atoms with Crippen LogP contribution >= 0.6 is 11.6 Å². The maximum absolute atomic E-state index is 10.4. The van der Waals surface area contributed by atoms with Crippen molar-refractivity contribution in [3.63, 3.8) is 0 Å². The topological polar surface area (TPSA) is 43.1 Å². The molecule has 2 N–H and O–H groups in total. The van der Waals surface area contributed by atoms with Crippen molar-refractivity contribution in [2.75, 3.05) is 5.73 Å². The second kappa shape index (κ2) is 2.93. The van der Waals surface area contributed by atoms with Gasteiger partial charge in [-0.3, -0.25) is 4.79 Å². The van der Waals surface area contributed by atoms with Crippen LogP contribution in [0.2, 0.25) is 5.02 Å². The van der Waals surface area contributed by atoms with Crippen LogP contribution in [0.15, 0.2) is 12.1 Å². The monoisotopic (exact) mass is 169 g/mol. The quantitative estimate of drug-likeness (QED) is 0.517. The van der Waals surface area contributed by atoms with Crippen LogP contribution in [0.4, 0.5) is 5.69 Å². The second-order valence-electron chi connectivity index (χ2n) is 2.34. The Morgan fingerprint density at radius 3 is 2.73 bits per heavy atom. The van der Waals surface area contributed by atoms with Crippen LogP contribution in [0.3, 0.4) is 0 Å². The van der Waals surface area contributed by atoms with E-state index in [9.17, 15) is 4.79 Å². The third-order valence-electron chi connectivity index (χ3n) is 1.51. The molecule has 0 saturated heterocycles. The van der Waals surface area contributed by atoms with E-state index in [4.69, 9.17) is 17.3 Å². The van der Waals surface area contributed by atoms with Crippen LogP contribution < -0.4 is 5.73 Å². The molecular formula is C8H8ClNO. The standard InChI is InChI=1S/C8H8ClNO/c1-5-2-7(9)3-6(4-11)8(5)10/h2-4H,10H2,1H3. The van der Waals surface area contributed by atoms with E-state index in [1.54, 1.807) is 12.1 Å². The Kier molecular flexibility index (Phi) is 2.15. The number of nitrogens with two attached hydrogens (primary N) is 1. The number of carbonyl (C=O) groups excluding carboxylic acids is 1. The highest BCUT2D eigenvalue weighted by molar-refractivity contribution is 6.31. The molecule has 3 heteroatoms. The number of halogens is 1. The first-order chi connectivity index (χ1) is 5.15. The molecular weight excluding hydrogens is 162 g/mol. The van der Waals surface area contributed by atoms with Crippen LogP contribution in [-0.2, 0) is 0 Å². The lowest BCUT2D eigenvalue weighted by Gasteiger charge is -2.02. The van der Waals surface area contributed by atoms with E-state index in [0.717, 1.165) is 5.56 Å². The van der Waals surface area contributed by atoms with Crippen molar-refractivity contribution in [3.05, 3.63) is 28.3 Å². The van der Waals surface area contributed by atoms with Crippen LogP contribution in [0.1, 0.15) is 15.9 Å². The highest BCUT2D eigenvalue weighted by Crippen LogP contribution is 2.20. The molecule has 11 heavy (non-hydrogen) atoms. The molecule has 1 rings (SSSR count). The van der Waals surface area contributed by atoms with Crippen LogP contribution in [-0.4, -0.2) is 6.29 Å². The summed E-state index contributed by atoms with van der Waals surface area (Å²) in [6, 6.07) is 3.28. The van der Waals surface area contributed by atoms with Gasteiger partial charge in [0.25, 0.3) is 0 Å². The van der Waals surface area contributed by atoms with Crippen LogP contribution in [0, 0.1) is 6.92 Å². The number of aldehydes is 1. The van der Waals surface area contributed by atoms with Crippen molar-refractivity contribution >= 4 is 23.6 Å². The van der Waals surface area contributed by atoms with Gasteiger partial charge in [0.15, 0.2) is 6.29 Å². The predicted octanol–water partition coefficient (Wildman–Crippen LogP) is 2.04. The summed E-state index contributed by atoms with van der Waals surface area (Å²) in [5.74, 6) is 0. The lowest BCUT2D eigenvalue weighted by atomic mass is 10.1. The zero-order valence-electron chi connectivity index (χ0n) is 6.10. The van der Waals surface area contributed by atoms with E-state index in [2.05, 4.69) is 0 Å². The summed E-state index contributed by atoms with van der Waals surface area (Å²) in [5, 5.41) is 0.541. The maximum Gasteiger partial charge on any atom is 0.152 e. The molecule has 0 aliphatic carbocycles. The zero-order chi connectivity index (χ0) is 8.43. The summed E-state index contributed by atoms with van der Waals surface area (Å²) in [4.78, 5) is 10.4. The van der Waals surface area contributed by atoms with Gasteiger partial charge in [0, 0.05) is 16.3 Å². The Morgan fingerprint density at radius 2 is 2.18 bits per heavy atom. The fourth-order valence-corrected chi connectivity index (χ4v) is 1.16. The summed E-state index contributed by atoms with van der Waals surface area (Å²) in [6.07, 6.45) is 0.703. The molecule has 0 radical (unpaired) electrons. The fourth-order valence-electron chi connectivity index (χ4n) is 0.878. The van der Waals surface area contributed by atoms with Gasteiger partial charge < -0.3 is 5.73 Å². The van der Waals surface area contributed by atoms with Gasteiger partial charge in [-0.05, 0) is 24.6 Å². The molecule has 0 fully saturated rings. The summed E-state index contributed by atoms with van der Waals surface area (Å²) in [5.41, 5.74) is 7.36. The number of nitrogen functional groups attached to an aromatic ring is 1. The lowest BCUT2D eigenvalue weighted by Crippen LogP contribution is -1.95. The van der Waals surface area contributed by atoms with Gasteiger partial charge in [0.05, 0.1) is 0 Å². The predicted molar refractivity (Wildman–Crippen MR) is 46.0 cm³/mol. The fraction of sp³-hybridized carbons (Fsp3) is 0.125.